The lowest BCUT2D eigenvalue weighted by atomic mass is 10.0. The molecule has 8 nitrogen and oxygen atoms in total. The minimum absolute atomic E-state index is 0.0308. The van der Waals surface area contributed by atoms with Gasteiger partial charge in [-0.1, -0.05) is 26.7 Å². The summed E-state index contributed by atoms with van der Waals surface area (Å²) in [5, 5.41) is 19.5. The average Bonchev–Trinajstić information content (AvgIpc) is 2.80. The molecule has 0 heterocycles. The van der Waals surface area contributed by atoms with Gasteiger partial charge in [-0.2, -0.15) is 0 Å². The SMILES string of the molecule is CCCc1c(OCCCOc2ccc(C(C)=O)c(OCC(=O)O)c2CCC)ccc(C(C)=O)c1O. The van der Waals surface area contributed by atoms with Crippen LogP contribution in [0.2, 0.25) is 0 Å². The Morgan fingerprint density at radius 3 is 1.80 bits per heavy atom. The van der Waals surface area contributed by atoms with Crippen LogP contribution < -0.4 is 14.2 Å². The predicted molar refractivity (Wildman–Crippen MR) is 131 cm³/mol. The van der Waals surface area contributed by atoms with Gasteiger partial charge in [0.05, 0.1) is 24.3 Å². The van der Waals surface area contributed by atoms with E-state index >= 15 is 0 Å². The third-order valence-corrected chi connectivity index (χ3v) is 5.36. The van der Waals surface area contributed by atoms with E-state index in [0.29, 0.717) is 60.7 Å². The molecule has 0 saturated carbocycles. The first-order valence-electron chi connectivity index (χ1n) is 11.8. The second-order valence-corrected chi connectivity index (χ2v) is 8.20. The number of carbonyl (C=O) groups excluding carboxylic acids is 2. The molecule has 2 rings (SSSR count). The Morgan fingerprint density at radius 2 is 1.29 bits per heavy atom. The van der Waals surface area contributed by atoms with Crippen LogP contribution in [0.5, 0.6) is 23.0 Å². The average molecular weight is 487 g/mol. The third-order valence-electron chi connectivity index (χ3n) is 5.36. The van der Waals surface area contributed by atoms with Crippen molar-refractivity contribution in [3.05, 3.63) is 46.5 Å². The lowest BCUT2D eigenvalue weighted by Crippen LogP contribution is -2.14. The highest BCUT2D eigenvalue weighted by Gasteiger charge is 2.19. The molecule has 2 aromatic rings. The molecule has 0 atom stereocenters. The van der Waals surface area contributed by atoms with Gasteiger partial charge in [0.2, 0.25) is 0 Å². The van der Waals surface area contributed by atoms with Crippen LogP contribution in [-0.2, 0) is 17.6 Å². The van der Waals surface area contributed by atoms with Gasteiger partial charge in [0, 0.05) is 17.5 Å². The van der Waals surface area contributed by atoms with E-state index in [0.717, 1.165) is 12.8 Å². The summed E-state index contributed by atoms with van der Waals surface area (Å²) in [7, 11) is 0. The molecule has 35 heavy (non-hydrogen) atoms. The number of aromatic hydroxyl groups is 1. The summed E-state index contributed by atoms with van der Waals surface area (Å²) in [6.45, 7) is 6.86. The summed E-state index contributed by atoms with van der Waals surface area (Å²) in [5.74, 6) is -0.258. The highest BCUT2D eigenvalue weighted by Crippen LogP contribution is 2.35. The van der Waals surface area contributed by atoms with E-state index in [-0.39, 0.29) is 28.6 Å². The Balaban J connectivity index is 2.10. The van der Waals surface area contributed by atoms with Gasteiger partial charge in [-0.05, 0) is 51.0 Å². The number of Topliss-reactive ketones (excluding diaryl/α,β-unsaturated/α-hetero) is 2. The first-order valence-corrected chi connectivity index (χ1v) is 11.8. The second-order valence-electron chi connectivity index (χ2n) is 8.20. The summed E-state index contributed by atoms with van der Waals surface area (Å²) in [5.41, 5.74) is 1.88. The fourth-order valence-corrected chi connectivity index (χ4v) is 3.76. The maximum Gasteiger partial charge on any atom is 0.341 e. The van der Waals surface area contributed by atoms with E-state index in [1.807, 2.05) is 13.8 Å². The minimum Gasteiger partial charge on any atom is -0.507 e. The van der Waals surface area contributed by atoms with Gasteiger partial charge in [0.15, 0.2) is 18.2 Å². The zero-order chi connectivity index (χ0) is 26.0. The van der Waals surface area contributed by atoms with Gasteiger partial charge in [-0.15, -0.1) is 0 Å². The number of benzene rings is 2. The number of phenols is 1. The molecule has 0 aromatic heterocycles. The second kappa shape index (κ2) is 13.4. The number of hydrogen-bond acceptors (Lipinski definition) is 7. The van der Waals surface area contributed by atoms with Crippen molar-refractivity contribution in [2.45, 2.75) is 59.8 Å². The largest absolute Gasteiger partial charge is 0.507 e. The Kier molecular flexibility index (Phi) is 10.6. The number of carbonyl (C=O) groups is 3. The van der Waals surface area contributed by atoms with Crippen molar-refractivity contribution in [2.24, 2.45) is 0 Å². The van der Waals surface area contributed by atoms with Crippen molar-refractivity contribution < 1.29 is 38.8 Å². The highest BCUT2D eigenvalue weighted by molar-refractivity contribution is 5.98. The zero-order valence-corrected chi connectivity index (χ0v) is 20.8. The topological polar surface area (TPSA) is 119 Å². The molecule has 0 aliphatic heterocycles. The van der Waals surface area contributed by atoms with Crippen LogP contribution in [0.15, 0.2) is 24.3 Å². The third kappa shape index (κ3) is 7.47. The number of carboxylic acids is 1. The molecule has 2 N–H and O–H groups in total. The summed E-state index contributed by atoms with van der Waals surface area (Å²) in [4.78, 5) is 34.8. The van der Waals surface area contributed by atoms with E-state index in [1.165, 1.54) is 13.8 Å². The van der Waals surface area contributed by atoms with Crippen LogP contribution in [0.3, 0.4) is 0 Å². The number of carboxylic acid groups (broad SMARTS) is 1. The molecule has 0 amide bonds. The first-order chi connectivity index (χ1) is 16.7. The summed E-state index contributed by atoms with van der Waals surface area (Å²) in [6, 6.07) is 6.55. The maximum absolute atomic E-state index is 12.0. The lowest BCUT2D eigenvalue weighted by molar-refractivity contribution is -0.139. The number of ether oxygens (including phenoxy) is 3. The summed E-state index contributed by atoms with van der Waals surface area (Å²) < 4.78 is 17.3. The van der Waals surface area contributed by atoms with Crippen molar-refractivity contribution in [2.75, 3.05) is 19.8 Å². The van der Waals surface area contributed by atoms with Crippen molar-refractivity contribution in [1.29, 1.82) is 0 Å². The van der Waals surface area contributed by atoms with Gasteiger partial charge in [0.1, 0.15) is 23.0 Å². The molecule has 0 fully saturated rings. The molecule has 0 aliphatic carbocycles. The molecule has 0 unspecified atom stereocenters. The van der Waals surface area contributed by atoms with Crippen molar-refractivity contribution in [3.63, 3.8) is 0 Å². The van der Waals surface area contributed by atoms with Crippen LogP contribution in [0, 0.1) is 0 Å². The van der Waals surface area contributed by atoms with Crippen molar-refractivity contribution >= 4 is 17.5 Å². The smallest absolute Gasteiger partial charge is 0.341 e. The number of phenolic OH excluding ortho intramolecular Hbond substituents is 1. The van der Waals surface area contributed by atoms with Gasteiger partial charge >= 0.3 is 5.97 Å². The first kappa shape index (κ1) is 27.7. The van der Waals surface area contributed by atoms with Crippen LogP contribution in [0.1, 0.15) is 78.8 Å². The normalized spacial score (nSPS) is 10.6. The van der Waals surface area contributed by atoms with Gasteiger partial charge in [-0.3, -0.25) is 9.59 Å². The van der Waals surface area contributed by atoms with E-state index in [9.17, 15) is 19.5 Å². The van der Waals surface area contributed by atoms with Crippen LogP contribution in [-0.4, -0.2) is 47.6 Å². The molecule has 0 radical (unpaired) electrons. The fraction of sp³-hybridized carbons (Fsp3) is 0.444. The van der Waals surface area contributed by atoms with E-state index < -0.39 is 12.6 Å². The van der Waals surface area contributed by atoms with Crippen LogP contribution in [0.4, 0.5) is 0 Å². The van der Waals surface area contributed by atoms with Crippen LogP contribution in [0.25, 0.3) is 0 Å². The van der Waals surface area contributed by atoms with Gasteiger partial charge in [-0.25, -0.2) is 4.79 Å². The number of ketones is 2. The van der Waals surface area contributed by atoms with Crippen LogP contribution >= 0.6 is 0 Å². The molecule has 0 aliphatic rings. The quantitative estimate of drug-likeness (QED) is 0.266. The molecular weight excluding hydrogens is 452 g/mol. The number of aliphatic carboxylic acids is 1. The van der Waals surface area contributed by atoms with E-state index in [4.69, 9.17) is 19.3 Å². The Labute approximate surface area is 205 Å². The molecule has 8 heteroatoms. The standard InChI is InChI=1S/C27H34O8/c1-5-8-21-23(12-10-19(17(3)28)26(21)32)33-14-7-15-34-24-13-11-20(18(4)29)27(22(24)9-6-2)35-16-25(30)31/h10-13,32H,5-9,14-16H2,1-4H3,(H,30,31). The monoisotopic (exact) mass is 486 g/mol. The van der Waals surface area contributed by atoms with Crippen molar-refractivity contribution in [3.8, 4) is 23.0 Å². The van der Waals surface area contributed by atoms with Gasteiger partial charge in [0.25, 0.3) is 0 Å². The predicted octanol–water partition coefficient (Wildman–Crippen LogP) is 5.01. The molecule has 0 saturated heterocycles. The Bertz CT molecular complexity index is 1060. The molecule has 0 spiro atoms. The lowest BCUT2D eigenvalue weighted by Gasteiger charge is -2.18. The molecule has 0 bridgehead atoms. The Morgan fingerprint density at radius 1 is 0.771 bits per heavy atom. The summed E-state index contributed by atoms with van der Waals surface area (Å²) >= 11 is 0. The highest BCUT2D eigenvalue weighted by atomic mass is 16.5. The number of hydrogen-bond donors (Lipinski definition) is 2. The minimum atomic E-state index is -1.13. The fourth-order valence-electron chi connectivity index (χ4n) is 3.76. The van der Waals surface area contributed by atoms with E-state index in [2.05, 4.69) is 0 Å². The maximum atomic E-state index is 12.0. The number of rotatable bonds is 15. The zero-order valence-electron chi connectivity index (χ0n) is 20.8. The summed E-state index contributed by atoms with van der Waals surface area (Å²) in [6.07, 6.45) is 3.22. The van der Waals surface area contributed by atoms with Crippen molar-refractivity contribution in [1.82, 2.24) is 0 Å². The van der Waals surface area contributed by atoms with Gasteiger partial charge < -0.3 is 24.4 Å². The molecular formula is C27H34O8. The molecule has 190 valence electrons. The Hall–Kier alpha value is -3.55. The molecule has 2 aromatic carbocycles. The van der Waals surface area contributed by atoms with E-state index in [1.54, 1.807) is 24.3 Å².